The van der Waals surface area contributed by atoms with Crippen molar-refractivity contribution in [1.29, 1.82) is 0 Å². The second-order valence-electron chi connectivity index (χ2n) is 2.29. The molecule has 0 bridgehead atoms. The van der Waals surface area contributed by atoms with Crippen LogP contribution in [0.2, 0.25) is 0 Å². The quantitative estimate of drug-likeness (QED) is 0.657. The summed E-state index contributed by atoms with van der Waals surface area (Å²) in [4.78, 5) is 0. The SMILES string of the molecule is CC(Cc1ccco1)NI. The Labute approximate surface area is 74.5 Å². The van der Waals surface area contributed by atoms with Gasteiger partial charge in [-0.25, -0.2) is 0 Å². The molecule has 1 aromatic rings. The molecule has 10 heavy (non-hydrogen) atoms. The number of hydrogen-bond donors (Lipinski definition) is 1. The van der Waals surface area contributed by atoms with Gasteiger partial charge < -0.3 is 4.42 Å². The highest BCUT2D eigenvalue weighted by Crippen LogP contribution is 2.03. The first kappa shape index (κ1) is 8.07. The molecule has 1 aromatic heterocycles. The molecule has 0 radical (unpaired) electrons. The van der Waals surface area contributed by atoms with E-state index in [1.165, 1.54) is 0 Å². The molecule has 0 aromatic carbocycles. The van der Waals surface area contributed by atoms with Crippen LogP contribution >= 0.6 is 22.9 Å². The molecule has 1 atom stereocenters. The Morgan fingerprint density at radius 1 is 1.80 bits per heavy atom. The van der Waals surface area contributed by atoms with Gasteiger partial charge in [-0.05, 0) is 19.1 Å². The van der Waals surface area contributed by atoms with E-state index in [-0.39, 0.29) is 0 Å². The van der Waals surface area contributed by atoms with Crippen molar-refractivity contribution in [2.24, 2.45) is 0 Å². The Bertz CT molecular complexity index is 174. The average Bonchev–Trinajstić information content (AvgIpc) is 2.40. The lowest BCUT2D eigenvalue weighted by Crippen LogP contribution is -2.17. The van der Waals surface area contributed by atoms with Crippen LogP contribution in [0.1, 0.15) is 12.7 Å². The van der Waals surface area contributed by atoms with Crippen molar-refractivity contribution < 1.29 is 4.42 Å². The fourth-order valence-corrected chi connectivity index (χ4v) is 0.989. The van der Waals surface area contributed by atoms with Crippen molar-refractivity contribution in [3.63, 3.8) is 0 Å². The molecule has 1 rings (SSSR count). The third kappa shape index (κ3) is 2.30. The van der Waals surface area contributed by atoms with Gasteiger partial charge in [0.25, 0.3) is 0 Å². The van der Waals surface area contributed by atoms with Crippen LogP contribution in [-0.2, 0) is 6.42 Å². The number of furan rings is 1. The third-order valence-corrected chi connectivity index (χ3v) is 2.34. The molecule has 56 valence electrons. The molecule has 0 aliphatic rings. The predicted molar refractivity (Wildman–Crippen MR) is 49.0 cm³/mol. The molecule has 1 N–H and O–H groups in total. The molecular formula is C7H10INO. The predicted octanol–water partition coefficient (Wildman–Crippen LogP) is 2.15. The maximum absolute atomic E-state index is 5.16. The van der Waals surface area contributed by atoms with Gasteiger partial charge in [0.15, 0.2) is 0 Å². The lowest BCUT2D eigenvalue weighted by Gasteiger charge is -2.04. The van der Waals surface area contributed by atoms with E-state index >= 15 is 0 Å². The van der Waals surface area contributed by atoms with Gasteiger partial charge in [-0.15, -0.1) is 0 Å². The molecule has 1 unspecified atom stereocenters. The maximum atomic E-state index is 5.16. The minimum atomic E-state index is 0.478. The normalized spacial score (nSPS) is 13.4. The van der Waals surface area contributed by atoms with E-state index in [0.29, 0.717) is 6.04 Å². The van der Waals surface area contributed by atoms with Crippen LogP contribution in [0.5, 0.6) is 0 Å². The van der Waals surface area contributed by atoms with Gasteiger partial charge in [0.1, 0.15) is 5.76 Å². The summed E-state index contributed by atoms with van der Waals surface area (Å²) in [7, 11) is 0. The third-order valence-electron chi connectivity index (χ3n) is 1.27. The van der Waals surface area contributed by atoms with Crippen molar-refractivity contribution >= 4 is 22.9 Å². The summed E-state index contributed by atoms with van der Waals surface area (Å²) < 4.78 is 8.28. The zero-order valence-electron chi connectivity index (χ0n) is 5.80. The highest BCUT2D eigenvalue weighted by atomic mass is 127. The van der Waals surface area contributed by atoms with E-state index in [9.17, 15) is 0 Å². The Morgan fingerprint density at radius 2 is 2.60 bits per heavy atom. The van der Waals surface area contributed by atoms with Crippen LogP contribution in [0.15, 0.2) is 22.8 Å². The largest absolute Gasteiger partial charge is 0.469 e. The van der Waals surface area contributed by atoms with Gasteiger partial charge in [0.2, 0.25) is 0 Å². The van der Waals surface area contributed by atoms with Gasteiger partial charge in [-0.2, -0.15) is 0 Å². The van der Waals surface area contributed by atoms with Crippen molar-refractivity contribution in [3.05, 3.63) is 24.2 Å². The van der Waals surface area contributed by atoms with Crippen LogP contribution in [0.4, 0.5) is 0 Å². The fourth-order valence-electron chi connectivity index (χ4n) is 0.769. The van der Waals surface area contributed by atoms with Gasteiger partial charge in [0, 0.05) is 35.3 Å². The second-order valence-corrected chi connectivity index (χ2v) is 2.92. The summed E-state index contributed by atoms with van der Waals surface area (Å²) in [5.74, 6) is 1.04. The highest BCUT2D eigenvalue weighted by molar-refractivity contribution is 14.1. The van der Waals surface area contributed by atoms with Crippen molar-refractivity contribution in [3.8, 4) is 0 Å². The van der Waals surface area contributed by atoms with Crippen LogP contribution in [0.25, 0.3) is 0 Å². The lowest BCUT2D eigenvalue weighted by molar-refractivity contribution is 0.488. The molecule has 2 nitrogen and oxygen atoms in total. The first-order chi connectivity index (χ1) is 4.83. The van der Waals surface area contributed by atoms with Gasteiger partial charge in [-0.1, -0.05) is 0 Å². The monoisotopic (exact) mass is 251 g/mol. The van der Waals surface area contributed by atoms with E-state index in [1.54, 1.807) is 6.26 Å². The standard InChI is InChI=1S/C7H10INO/c1-6(9-8)5-7-3-2-4-10-7/h2-4,6,9H,5H2,1H3. The fraction of sp³-hybridized carbons (Fsp3) is 0.429. The Hall–Kier alpha value is -0.0300. The number of hydrogen-bond acceptors (Lipinski definition) is 2. The molecule has 0 saturated carbocycles. The van der Waals surface area contributed by atoms with E-state index in [2.05, 4.69) is 33.3 Å². The highest BCUT2D eigenvalue weighted by Gasteiger charge is 2.01. The van der Waals surface area contributed by atoms with Crippen LogP contribution in [0.3, 0.4) is 0 Å². The maximum Gasteiger partial charge on any atom is 0.105 e. The number of nitrogens with one attached hydrogen (secondary N) is 1. The van der Waals surface area contributed by atoms with Crippen LogP contribution in [-0.4, -0.2) is 6.04 Å². The van der Waals surface area contributed by atoms with Crippen molar-refractivity contribution in [2.75, 3.05) is 0 Å². The van der Waals surface area contributed by atoms with Gasteiger partial charge >= 0.3 is 0 Å². The zero-order chi connectivity index (χ0) is 7.40. The van der Waals surface area contributed by atoms with Gasteiger partial charge in [0.05, 0.1) is 6.26 Å². The summed E-state index contributed by atoms with van der Waals surface area (Å²) in [6.07, 6.45) is 2.66. The first-order valence-corrected chi connectivity index (χ1v) is 4.29. The molecule has 0 amide bonds. The molecule has 0 saturated heterocycles. The van der Waals surface area contributed by atoms with Crippen LogP contribution < -0.4 is 3.53 Å². The number of rotatable bonds is 3. The minimum absolute atomic E-state index is 0.478. The van der Waals surface area contributed by atoms with Gasteiger partial charge in [-0.3, -0.25) is 3.53 Å². The molecule has 3 heteroatoms. The molecular weight excluding hydrogens is 241 g/mol. The summed E-state index contributed by atoms with van der Waals surface area (Å²) in [6, 6.07) is 4.38. The summed E-state index contributed by atoms with van der Waals surface area (Å²) in [5, 5.41) is 0. The zero-order valence-corrected chi connectivity index (χ0v) is 7.96. The topological polar surface area (TPSA) is 25.2 Å². The summed E-state index contributed by atoms with van der Waals surface area (Å²) in [5.41, 5.74) is 0. The molecule has 1 heterocycles. The van der Waals surface area contributed by atoms with Crippen LogP contribution in [0, 0.1) is 0 Å². The molecule has 0 aliphatic carbocycles. The molecule has 0 aliphatic heterocycles. The van der Waals surface area contributed by atoms with E-state index < -0.39 is 0 Å². The lowest BCUT2D eigenvalue weighted by atomic mass is 10.2. The Balaban J connectivity index is 2.40. The Kier molecular flexibility index (Phi) is 3.21. The van der Waals surface area contributed by atoms with E-state index in [1.807, 2.05) is 12.1 Å². The summed E-state index contributed by atoms with van der Waals surface area (Å²) >= 11 is 2.15. The first-order valence-electron chi connectivity index (χ1n) is 3.21. The van der Waals surface area contributed by atoms with Crippen molar-refractivity contribution in [2.45, 2.75) is 19.4 Å². The number of halogens is 1. The average molecular weight is 251 g/mol. The van der Waals surface area contributed by atoms with E-state index in [4.69, 9.17) is 4.42 Å². The minimum Gasteiger partial charge on any atom is -0.469 e. The summed E-state index contributed by atoms with van der Waals surface area (Å²) in [6.45, 7) is 2.12. The Morgan fingerprint density at radius 3 is 3.10 bits per heavy atom. The van der Waals surface area contributed by atoms with E-state index in [0.717, 1.165) is 12.2 Å². The molecule has 0 fully saturated rings. The second kappa shape index (κ2) is 3.98. The molecule has 0 spiro atoms. The smallest absolute Gasteiger partial charge is 0.105 e. The van der Waals surface area contributed by atoms with Crippen molar-refractivity contribution in [1.82, 2.24) is 3.53 Å².